The number of rotatable bonds is 3. The number of carbonyl (C=O) groups is 2. The van der Waals surface area contributed by atoms with Gasteiger partial charge in [-0.15, -0.1) is 0 Å². The van der Waals surface area contributed by atoms with Crippen molar-refractivity contribution < 1.29 is 19.4 Å². The van der Waals surface area contributed by atoms with Crippen molar-refractivity contribution in [3.8, 4) is 0 Å². The van der Waals surface area contributed by atoms with E-state index >= 15 is 0 Å². The highest BCUT2D eigenvalue weighted by Crippen LogP contribution is 2.12. The second-order valence-corrected chi connectivity index (χ2v) is 4.62. The molecule has 1 aromatic heterocycles. The van der Waals surface area contributed by atoms with Gasteiger partial charge in [-0.25, -0.2) is 9.59 Å². The first kappa shape index (κ1) is 14.3. The summed E-state index contributed by atoms with van der Waals surface area (Å²) in [4.78, 5) is 30.2. The normalized spacial score (nSPS) is 18.6. The van der Waals surface area contributed by atoms with Gasteiger partial charge in [-0.2, -0.15) is 0 Å². The van der Waals surface area contributed by atoms with Crippen molar-refractivity contribution in [2.45, 2.75) is 12.6 Å². The molecule has 7 nitrogen and oxygen atoms in total. The van der Waals surface area contributed by atoms with E-state index in [-0.39, 0.29) is 19.2 Å². The van der Waals surface area contributed by atoms with Gasteiger partial charge in [0.2, 0.25) is 0 Å². The van der Waals surface area contributed by atoms with Crippen molar-refractivity contribution in [3.63, 3.8) is 0 Å². The first-order valence-electron chi connectivity index (χ1n) is 6.31. The number of amides is 2. The Bertz CT molecular complexity index is 480. The number of carbonyl (C=O) groups excluding carboxylic acids is 1. The van der Waals surface area contributed by atoms with E-state index in [0.717, 1.165) is 5.56 Å². The predicted octanol–water partition coefficient (Wildman–Crippen LogP) is 0.419. The summed E-state index contributed by atoms with van der Waals surface area (Å²) in [5, 5.41) is 9.13. The molecule has 1 saturated heterocycles. The summed E-state index contributed by atoms with van der Waals surface area (Å²) in [6, 6.07) is 2.41. The lowest BCUT2D eigenvalue weighted by atomic mass is 10.2. The molecule has 1 aliphatic rings. The van der Waals surface area contributed by atoms with Crippen LogP contribution in [0.2, 0.25) is 0 Å². The first-order chi connectivity index (χ1) is 9.59. The van der Waals surface area contributed by atoms with Gasteiger partial charge in [0.15, 0.2) is 6.04 Å². The summed E-state index contributed by atoms with van der Waals surface area (Å²) in [6.07, 6.45) is 3.31. The number of nitrogens with zero attached hydrogens (tertiary/aromatic N) is 3. The standard InChI is InChI=1S/C13H17N3O4/c1-15(8-10-2-4-14-5-3-10)13(19)16-6-7-20-9-11(16)12(17)18/h2-5,11H,6-9H2,1H3,(H,17,18). The average molecular weight is 279 g/mol. The van der Waals surface area contributed by atoms with Crippen LogP contribution in [0.4, 0.5) is 4.79 Å². The quantitative estimate of drug-likeness (QED) is 0.867. The minimum Gasteiger partial charge on any atom is -0.480 e. The van der Waals surface area contributed by atoms with Crippen molar-refractivity contribution in [2.75, 3.05) is 26.8 Å². The van der Waals surface area contributed by atoms with Crippen LogP contribution in [0.3, 0.4) is 0 Å². The van der Waals surface area contributed by atoms with E-state index in [4.69, 9.17) is 9.84 Å². The van der Waals surface area contributed by atoms with Crippen LogP contribution < -0.4 is 0 Å². The molecule has 1 atom stereocenters. The largest absolute Gasteiger partial charge is 0.480 e. The Balaban J connectivity index is 2.03. The maximum absolute atomic E-state index is 12.3. The van der Waals surface area contributed by atoms with E-state index in [9.17, 15) is 9.59 Å². The fourth-order valence-electron chi connectivity index (χ4n) is 2.09. The molecule has 0 bridgehead atoms. The fraction of sp³-hybridized carbons (Fsp3) is 0.462. The maximum Gasteiger partial charge on any atom is 0.328 e. The zero-order valence-electron chi connectivity index (χ0n) is 11.2. The number of morpholine rings is 1. The monoisotopic (exact) mass is 279 g/mol. The number of aromatic nitrogens is 1. The molecule has 0 aliphatic carbocycles. The van der Waals surface area contributed by atoms with Gasteiger partial charge < -0.3 is 19.6 Å². The summed E-state index contributed by atoms with van der Waals surface area (Å²) in [5.74, 6) is -1.05. The molecule has 1 aliphatic heterocycles. The van der Waals surface area contributed by atoms with Gasteiger partial charge in [0, 0.05) is 32.5 Å². The third-order valence-electron chi connectivity index (χ3n) is 3.15. The van der Waals surface area contributed by atoms with Crippen LogP contribution in [-0.4, -0.2) is 64.7 Å². The van der Waals surface area contributed by atoms with E-state index in [1.165, 1.54) is 9.80 Å². The number of hydrogen-bond acceptors (Lipinski definition) is 4. The SMILES string of the molecule is CN(Cc1ccncc1)C(=O)N1CCOCC1C(=O)O. The van der Waals surface area contributed by atoms with Gasteiger partial charge in [0.1, 0.15) is 0 Å². The zero-order valence-corrected chi connectivity index (χ0v) is 11.2. The molecule has 2 amide bonds. The summed E-state index contributed by atoms with van der Waals surface area (Å²) in [6.45, 7) is 1.09. The van der Waals surface area contributed by atoms with Gasteiger partial charge in [0.05, 0.1) is 13.2 Å². The van der Waals surface area contributed by atoms with Gasteiger partial charge in [-0.05, 0) is 17.7 Å². The minimum atomic E-state index is -1.05. The van der Waals surface area contributed by atoms with E-state index in [0.29, 0.717) is 13.2 Å². The Morgan fingerprint density at radius 2 is 2.20 bits per heavy atom. The smallest absolute Gasteiger partial charge is 0.328 e. The second-order valence-electron chi connectivity index (χ2n) is 4.62. The van der Waals surface area contributed by atoms with Crippen LogP contribution in [0.15, 0.2) is 24.5 Å². The molecule has 108 valence electrons. The van der Waals surface area contributed by atoms with Crippen molar-refractivity contribution in [2.24, 2.45) is 0 Å². The summed E-state index contributed by atoms with van der Waals surface area (Å²) in [7, 11) is 1.65. The van der Waals surface area contributed by atoms with E-state index in [2.05, 4.69) is 4.98 Å². The maximum atomic E-state index is 12.3. The molecule has 1 fully saturated rings. The van der Waals surface area contributed by atoms with Crippen molar-refractivity contribution in [1.82, 2.24) is 14.8 Å². The molecule has 20 heavy (non-hydrogen) atoms. The van der Waals surface area contributed by atoms with Crippen LogP contribution in [0.5, 0.6) is 0 Å². The molecular weight excluding hydrogens is 262 g/mol. The molecule has 1 aromatic rings. The summed E-state index contributed by atoms with van der Waals surface area (Å²) >= 11 is 0. The number of ether oxygens (including phenoxy) is 1. The Morgan fingerprint density at radius 3 is 2.85 bits per heavy atom. The fourth-order valence-corrected chi connectivity index (χ4v) is 2.09. The Hall–Kier alpha value is -2.15. The average Bonchev–Trinajstić information content (AvgIpc) is 2.47. The highest BCUT2D eigenvalue weighted by atomic mass is 16.5. The van der Waals surface area contributed by atoms with Crippen LogP contribution in [-0.2, 0) is 16.1 Å². The van der Waals surface area contributed by atoms with Gasteiger partial charge in [-0.3, -0.25) is 4.98 Å². The molecule has 0 aromatic carbocycles. The molecular formula is C13H17N3O4. The topological polar surface area (TPSA) is 83.0 Å². The Morgan fingerprint density at radius 1 is 1.50 bits per heavy atom. The number of urea groups is 1. The van der Waals surface area contributed by atoms with Gasteiger partial charge >= 0.3 is 12.0 Å². The number of carboxylic acids is 1. The number of aliphatic carboxylic acids is 1. The number of hydrogen-bond donors (Lipinski definition) is 1. The summed E-state index contributed by atoms with van der Waals surface area (Å²) in [5.41, 5.74) is 0.941. The second kappa shape index (κ2) is 6.33. The van der Waals surface area contributed by atoms with Crippen molar-refractivity contribution >= 4 is 12.0 Å². The van der Waals surface area contributed by atoms with Gasteiger partial charge in [-0.1, -0.05) is 0 Å². The molecule has 1 unspecified atom stereocenters. The summed E-state index contributed by atoms with van der Waals surface area (Å²) < 4.78 is 5.12. The lowest BCUT2D eigenvalue weighted by Gasteiger charge is -2.35. The van der Waals surface area contributed by atoms with Crippen molar-refractivity contribution in [3.05, 3.63) is 30.1 Å². The Kier molecular flexibility index (Phi) is 4.52. The highest BCUT2D eigenvalue weighted by Gasteiger charge is 2.34. The molecule has 7 heteroatoms. The van der Waals surface area contributed by atoms with Crippen LogP contribution >= 0.6 is 0 Å². The molecule has 2 heterocycles. The number of carboxylic acid groups (broad SMARTS) is 1. The van der Waals surface area contributed by atoms with Crippen LogP contribution in [0.1, 0.15) is 5.56 Å². The lowest BCUT2D eigenvalue weighted by Crippen LogP contribution is -2.55. The first-order valence-corrected chi connectivity index (χ1v) is 6.31. The molecule has 0 radical (unpaired) electrons. The molecule has 0 spiro atoms. The van der Waals surface area contributed by atoms with E-state index in [1.54, 1.807) is 19.4 Å². The minimum absolute atomic E-state index is 0.0319. The lowest BCUT2D eigenvalue weighted by molar-refractivity contribution is -0.147. The zero-order chi connectivity index (χ0) is 14.5. The van der Waals surface area contributed by atoms with E-state index < -0.39 is 12.0 Å². The van der Waals surface area contributed by atoms with Crippen LogP contribution in [0.25, 0.3) is 0 Å². The number of pyridine rings is 1. The molecule has 2 rings (SSSR count). The third-order valence-corrected chi connectivity index (χ3v) is 3.15. The van der Waals surface area contributed by atoms with Crippen LogP contribution in [0, 0.1) is 0 Å². The van der Waals surface area contributed by atoms with E-state index in [1.807, 2.05) is 12.1 Å². The Labute approximate surface area is 116 Å². The van der Waals surface area contributed by atoms with Crippen molar-refractivity contribution in [1.29, 1.82) is 0 Å². The molecule has 0 saturated carbocycles. The predicted molar refractivity (Wildman–Crippen MR) is 70.0 cm³/mol. The van der Waals surface area contributed by atoms with Gasteiger partial charge in [0.25, 0.3) is 0 Å². The molecule has 1 N–H and O–H groups in total. The third kappa shape index (κ3) is 3.24. The highest BCUT2D eigenvalue weighted by molar-refractivity contribution is 5.83.